The number of hydrogen-bond acceptors (Lipinski definition) is 4. The molecule has 0 atom stereocenters. The van der Waals surface area contributed by atoms with Crippen LogP contribution in [0.15, 0.2) is 18.3 Å². The number of carbonyl (C=O) groups is 1. The summed E-state index contributed by atoms with van der Waals surface area (Å²) in [6.07, 6.45) is 1.45. The van der Waals surface area contributed by atoms with Crippen molar-refractivity contribution in [1.82, 2.24) is 4.98 Å². The van der Waals surface area contributed by atoms with Crippen molar-refractivity contribution >= 4 is 17.6 Å². The van der Waals surface area contributed by atoms with Crippen molar-refractivity contribution in [3.8, 4) is 5.75 Å². The molecule has 0 unspecified atom stereocenters. The van der Waals surface area contributed by atoms with Gasteiger partial charge in [-0.25, -0.2) is 9.78 Å². The molecule has 82 valence electrons. The van der Waals surface area contributed by atoms with Crippen LogP contribution in [-0.4, -0.2) is 23.7 Å². The van der Waals surface area contributed by atoms with Crippen LogP contribution in [0.2, 0.25) is 5.15 Å². The lowest BCUT2D eigenvalue weighted by molar-refractivity contribution is -0.156. The first-order valence-electron chi connectivity index (χ1n) is 4.34. The summed E-state index contributed by atoms with van der Waals surface area (Å²) in [7, 11) is 1.31. The Morgan fingerprint density at radius 2 is 2.13 bits per heavy atom. The number of esters is 1. The summed E-state index contributed by atoms with van der Waals surface area (Å²) in [6, 6.07) is 3.23. The number of ether oxygens (including phenoxy) is 2. The highest BCUT2D eigenvalue weighted by atomic mass is 35.5. The Morgan fingerprint density at radius 3 is 2.60 bits per heavy atom. The molecular formula is C10H12ClNO3. The number of halogens is 1. The van der Waals surface area contributed by atoms with Gasteiger partial charge in [0.2, 0.25) is 0 Å². The second-order valence-electron chi connectivity index (χ2n) is 3.42. The Labute approximate surface area is 93.2 Å². The molecule has 0 aromatic carbocycles. The molecule has 0 aliphatic carbocycles. The number of hydrogen-bond donors (Lipinski definition) is 0. The molecule has 0 aliphatic heterocycles. The lowest BCUT2D eigenvalue weighted by atomic mass is 10.1. The van der Waals surface area contributed by atoms with Gasteiger partial charge in [-0.05, 0) is 26.0 Å². The summed E-state index contributed by atoms with van der Waals surface area (Å²) in [5.41, 5.74) is -1.04. The molecule has 0 amide bonds. The molecule has 1 heterocycles. The summed E-state index contributed by atoms with van der Waals surface area (Å²) in [6.45, 7) is 3.24. The van der Waals surface area contributed by atoms with E-state index in [1.54, 1.807) is 26.0 Å². The normalized spacial score (nSPS) is 10.9. The van der Waals surface area contributed by atoms with E-state index in [2.05, 4.69) is 9.72 Å². The van der Waals surface area contributed by atoms with Gasteiger partial charge in [0.15, 0.2) is 5.60 Å². The minimum Gasteiger partial charge on any atom is -0.475 e. The van der Waals surface area contributed by atoms with E-state index in [0.717, 1.165) is 0 Å². The lowest BCUT2D eigenvalue weighted by Crippen LogP contribution is -2.39. The second kappa shape index (κ2) is 4.49. The van der Waals surface area contributed by atoms with E-state index in [-0.39, 0.29) is 0 Å². The summed E-state index contributed by atoms with van der Waals surface area (Å²) in [5.74, 6) is 0.0206. The van der Waals surface area contributed by atoms with Crippen LogP contribution in [0.4, 0.5) is 0 Å². The number of carbonyl (C=O) groups excluding carboxylic acids is 1. The van der Waals surface area contributed by atoms with E-state index < -0.39 is 11.6 Å². The second-order valence-corrected chi connectivity index (χ2v) is 3.81. The average Bonchev–Trinajstić information content (AvgIpc) is 2.20. The molecule has 0 saturated heterocycles. The van der Waals surface area contributed by atoms with Gasteiger partial charge >= 0.3 is 5.97 Å². The fourth-order valence-electron chi connectivity index (χ4n) is 1.00. The number of rotatable bonds is 3. The summed E-state index contributed by atoms with van der Waals surface area (Å²) >= 11 is 5.61. The van der Waals surface area contributed by atoms with Crippen LogP contribution in [0, 0.1) is 0 Å². The summed E-state index contributed by atoms with van der Waals surface area (Å²) in [5, 5.41) is 0.373. The predicted molar refractivity (Wildman–Crippen MR) is 56.0 cm³/mol. The SMILES string of the molecule is COC(=O)C(C)(C)Oc1ccc(Cl)nc1. The van der Waals surface area contributed by atoms with Crippen molar-refractivity contribution in [2.45, 2.75) is 19.4 Å². The average molecular weight is 230 g/mol. The summed E-state index contributed by atoms with van der Waals surface area (Å²) in [4.78, 5) is 15.1. The van der Waals surface area contributed by atoms with E-state index >= 15 is 0 Å². The fourth-order valence-corrected chi connectivity index (χ4v) is 1.12. The van der Waals surface area contributed by atoms with Crippen LogP contribution in [0.25, 0.3) is 0 Å². The van der Waals surface area contributed by atoms with Crippen LogP contribution < -0.4 is 4.74 Å². The Kier molecular flexibility index (Phi) is 3.52. The molecular weight excluding hydrogens is 218 g/mol. The fraction of sp³-hybridized carbons (Fsp3) is 0.400. The predicted octanol–water partition coefficient (Wildman–Crippen LogP) is 2.07. The highest BCUT2D eigenvalue weighted by Gasteiger charge is 2.31. The van der Waals surface area contributed by atoms with E-state index in [1.165, 1.54) is 13.3 Å². The van der Waals surface area contributed by atoms with Gasteiger partial charge in [0.1, 0.15) is 10.9 Å². The Balaban J connectivity index is 2.77. The molecule has 0 radical (unpaired) electrons. The standard InChI is InChI=1S/C10H12ClNO3/c1-10(2,9(13)14-3)15-7-4-5-8(11)12-6-7/h4-6H,1-3H3. The highest BCUT2D eigenvalue weighted by Crippen LogP contribution is 2.19. The molecule has 0 saturated carbocycles. The molecule has 0 aliphatic rings. The van der Waals surface area contributed by atoms with Gasteiger partial charge in [-0.3, -0.25) is 0 Å². The van der Waals surface area contributed by atoms with Crippen LogP contribution in [-0.2, 0) is 9.53 Å². The van der Waals surface area contributed by atoms with Gasteiger partial charge in [-0.15, -0.1) is 0 Å². The van der Waals surface area contributed by atoms with Gasteiger partial charge in [-0.1, -0.05) is 11.6 Å². The van der Waals surface area contributed by atoms with Crippen molar-refractivity contribution < 1.29 is 14.3 Å². The first-order valence-corrected chi connectivity index (χ1v) is 4.72. The molecule has 4 nitrogen and oxygen atoms in total. The zero-order valence-corrected chi connectivity index (χ0v) is 9.54. The van der Waals surface area contributed by atoms with Crippen molar-refractivity contribution in [3.63, 3.8) is 0 Å². The van der Waals surface area contributed by atoms with Crippen molar-refractivity contribution in [2.24, 2.45) is 0 Å². The third-order valence-electron chi connectivity index (χ3n) is 1.75. The van der Waals surface area contributed by atoms with Crippen LogP contribution in [0.1, 0.15) is 13.8 Å². The molecule has 0 N–H and O–H groups in total. The van der Waals surface area contributed by atoms with Crippen LogP contribution >= 0.6 is 11.6 Å². The smallest absolute Gasteiger partial charge is 0.349 e. The number of pyridine rings is 1. The lowest BCUT2D eigenvalue weighted by Gasteiger charge is -2.22. The molecule has 1 aromatic heterocycles. The van der Waals surface area contributed by atoms with Crippen molar-refractivity contribution in [3.05, 3.63) is 23.5 Å². The maximum atomic E-state index is 11.3. The topological polar surface area (TPSA) is 48.4 Å². The molecule has 0 spiro atoms. The first kappa shape index (κ1) is 11.8. The number of methoxy groups -OCH3 is 1. The summed E-state index contributed by atoms with van der Waals surface area (Å²) < 4.78 is 10.0. The molecule has 0 fully saturated rings. The molecule has 1 aromatic rings. The van der Waals surface area contributed by atoms with Crippen LogP contribution in [0.5, 0.6) is 5.75 Å². The third kappa shape index (κ3) is 3.09. The molecule has 15 heavy (non-hydrogen) atoms. The van der Waals surface area contributed by atoms with E-state index in [0.29, 0.717) is 10.9 Å². The number of aromatic nitrogens is 1. The quantitative estimate of drug-likeness (QED) is 0.588. The van der Waals surface area contributed by atoms with Crippen molar-refractivity contribution in [1.29, 1.82) is 0 Å². The van der Waals surface area contributed by atoms with Gasteiger partial charge < -0.3 is 9.47 Å². The Bertz CT molecular complexity index is 348. The van der Waals surface area contributed by atoms with Crippen molar-refractivity contribution in [2.75, 3.05) is 7.11 Å². The molecule has 0 bridgehead atoms. The Morgan fingerprint density at radius 1 is 1.47 bits per heavy atom. The maximum Gasteiger partial charge on any atom is 0.349 e. The minimum atomic E-state index is -1.04. The van der Waals surface area contributed by atoms with E-state index in [9.17, 15) is 4.79 Å². The number of nitrogens with zero attached hydrogens (tertiary/aromatic N) is 1. The Hall–Kier alpha value is -1.29. The zero-order chi connectivity index (χ0) is 11.5. The van der Waals surface area contributed by atoms with Gasteiger partial charge in [0, 0.05) is 0 Å². The third-order valence-corrected chi connectivity index (χ3v) is 1.97. The maximum absolute atomic E-state index is 11.3. The van der Waals surface area contributed by atoms with Gasteiger partial charge in [0.05, 0.1) is 13.3 Å². The zero-order valence-electron chi connectivity index (χ0n) is 8.78. The highest BCUT2D eigenvalue weighted by molar-refractivity contribution is 6.29. The van der Waals surface area contributed by atoms with Crippen LogP contribution in [0.3, 0.4) is 0 Å². The largest absolute Gasteiger partial charge is 0.475 e. The first-order chi connectivity index (χ1) is 6.95. The van der Waals surface area contributed by atoms with Gasteiger partial charge in [-0.2, -0.15) is 0 Å². The van der Waals surface area contributed by atoms with E-state index in [1.807, 2.05) is 0 Å². The molecule has 5 heteroatoms. The van der Waals surface area contributed by atoms with Gasteiger partial charge in [0.25, 0.3) is 0 Å². The van der Waals surface area contributed by atoms with E-state index in [4.69, 9.17) is 16.3 Å². The monoisotopic (exact) mass is 229 g/mol. The minimum absolute atomic E-state index is 0.373. The molecule has 1 rings (SSSR count).